The minimum Gasteiger partial charge on any atom is -0.493 e. The summed E-state index contributed by atoms with van der Waals surface area (Å²) in [5, 5.41) is 8.52. The number of aryl methyl sites for hydroxylation is 1. The van der Waals surface area contributed by atoms with Gasteiger partial charge in [0.25, 0.3) is 0 Å². The molecule has 0 atom stereocenters. The number of hydrogen-bond donors (Lipinski definition) is 2. The van der Waals surface area contributed by atoms with E-state index in [-0.39, 0.29) is 15.7 Å². The zero-order chi connectivity index (χ0) is 25.8. The van der Waals surface area contributed by atoms with Crippen molar-refractivity contribution >= 4 is 15.7 Å². The number of carbonyl (C=O) groups excluding carboxylic acids is 1. The molecule has 8 nitrogen and oxygen atoms in total. The number of pyridine rings is 1. The number of amides is 1. The third-order valence-corrected chi connectivity index (χ3v) is 7.49. The van der Waals surface area contributed by atoms with E-state index in [0.29, 0.717) is 37.4 Å². The Balaban J connectivity index is 1.64. The highest BCUT2D eigenvalue weighted by Crippen LogP contribution is 2.32. The van der Waals surface area contributed by atoms with E-state index >= 15 is 0 Å². The molecule has 0 bridgehead atoms. The molecule has 0 spiro atoms. The second-order valence-corrected chi connectivity index (χ2v) is 10.3. The Morgan fingerprint density at radius 1 is 0.917 bits per heavy atom. The van der Waals surface area contributed by atoms with Crippen molar-refractivity contribution in [3.8, 4) is 11.5 Å². The van der Waals surface area contributed by atoms with Crippen molar-refractivity contribution in [2.45, 2.75) is 54.7 Å². The Morgan fingerprint density at radius 3 is 2.47 bits per heavy atom. The van der Waals surface area contributed by atoms with Crippen molar-refractivity contribution < 1.29 is 27.9 Å². The summed E-state index contributed by atoms with van der Waals surface area (Å²) in [4.78, 5) is 15.7. The highest BCUT2D eigenvalue weighted by Gasteiger charge is 2.20. The summed E-state index contributed by atoms with van der Waals surface area (Å²) < 4.78 is 38.0. The van der Waals surface area contributed by atoms with Gasteiger partial charge in [-0.25, -0.2) is 13.9 Å². The van der Waals surface area contributed by atoms with Gasteiger partial charge in [0.05, 0.1) is 23.5 Å². The number of carbonyl (C=O) groups is 1. The maximum absolute atomic E-state index is 13.4. The number of hydroxylamine groups is 1. The van der Waals surface area contributed by atoms with Gasteiger partial charge in [0.1, 0.15) is 0 Å². The van der Waals surface area contributed by atoms with Crippen LogP contribution in [0, 0.1) is 0 Å². The normalized spacial score (nSPS) is 11.2. The summed E-state index contributed by atoms with van der Waals surface area (Å²) in [7, 11) is -2.24. The summed E-state index contributed by atoms with van der Waals surface area (Å²) in [6.07, 6.45) is 6.67. The number of hydrogen-bond acceptors (Lipinski definition) is 7. The van der Waals surface area contributed by atoms with Crippen molar-refractivity contribution in [3.63, 3.8) is 0 Å². The van der Waals surface area contributed by atoms with E-state index in [9.17, 15) is 13.2 Å². The number of nitrogens with zero attached hydrogens (tertiary/aromatic N) is 1. The van der Waals surface area contributed by atoms with Crippen LogP contribution in [-0.4, -0.2) is 38.2 Å². The van der Waals surface area contributed by atoms with E-state index in [1.807, 2.05) is 24.3 Å². The molecule has 2 N–H and O–H groups in total. The smallest absolute Gasteiger partial charge is 0.243 e. The molecule has 36 heavy (non-hydrogen) atoms. The first-order chi connectivity index (χ1) is 17.4. The van der Waals surface area contributed by atoms with E-state index in [1.54, 1.807) is 35.9 Å². The number of ether oxygens (including phenoxy) is 2. The van der Waals surface area contributed by atoms with Crippen molar-refractivity contribution in [2.75, 3.05) is 13.7 Å². The lowest BCUT2D eigenvalue weighted by atomic mass is 10.1. The summed E-state index contributed by atoms with van der Waals surface area (Å²) in [5.74, 6) is 0.439. The molecule has 0 radical (unpaired) electrons. The average Bonchev–Trinajstić information content (AvgIpc) is 2.91. The maximum atomic E-state index is 13.4. The van der Waals surface area contributed by atoms with Crippen LogP contribution in [0.2, 0.25) is 0 Å². The van der Waals surface area contributed by atoms with Gasteiger partial charge in [-0.15, -0.1) is 0 Å². The minimum atomic E-state index is -3.75. The van der Waals surface area contributed by atoms with Crippen molar-refractivity contribution in [2.24, 2.45) is 0 Å². The van der Waals surface area contributed by atoms with Crippen LogP contribution in [0.3, 0.4) is 0 Å². The Hall–Kier alpha value is -3.43. The van der Waals surface area contributed by atoms with Crippen LogP contribution in [0.1, 0.15) is 43.4 Å². The SMILES string of the molecule is COc1ccc(S(=O)(=O)c2cccc(CCCCCCC(=O)NO)c2)cc1OCCc1ccccn1. The van der Waals surface area contributed by atoms with Gasteiger partial charge in [-0.3, -0.25) is 15.0 Å². The average molecular weight is 513 g/mol. The molecule has 0 aliphatic heterocycles. The predicted octanol–water partition coefficient (Wildman–Crippen LogP) is 4.54. The first kappa shape index (κ1) is 27.2. The topological polar surface area (TPSA) is 115 Å². The van der Waals surface area contributed by atoms with E-state index in [2.05, 4.69) is 4.98 Å². The molecule has 1 aromatic heterocycles. The molecule has 0 unspecified atom stereocenters. The summed E-state index contributed by atoms with van der Waals surface area (Å²) >= 11 is 0. The molecule has 0 aliphatic rings. The van der Waals surface area contributed by atoms with Gasteiger partial charge in [-0.2, -0.15) is 0 Å². The van der Waals surface area contributed by atoms with E-state index in [4.69, 9.17) is 14.7 Å². The number of benzene rings is 2. The highest BCUT2D eigenvalue weighted by atomic mass is 32.2. The van der Waals surface area contributed by atoms with Gasteiger partial charge in [0, 0.05) is 30.8 Å². The first-order valence-corrected chi connectivity index (χ1v) is 13.4. The van der Waals surface area contributed by atoms with E-state index in [0.717, 1.165) is 36.9 Å². The van der Waals surface area contributed by atoms with Crippen LogP contribution in [0.5, 0.6) is 11.5 Å². The molecule has 0 fully saturated rings. The van der Waals surface area contributed by atoms with E-state index < -0.39 is 9.84 Å². The number of aromatic nitrogens is 1. The lowest BCUT2D eigenvalue weighted by molar-refractivity contribution is -0.129. The molecular formula is C27H32N2O6S. The second kappa shape index (κ2) is 13.6. The van der Waals surface area contributed by atoms with Crippen molar-refractivity contribution in [3.05, 3.63) is 78.1 Å². The van der Waals surface area contributed by atoms with Crippen LogP contribution < -0.4 is 15.0 Å². The molecule has 1 amide bonds. The monoisotopic (exact) mass is 512 g/mol. The summed E-state index contributed by atoms with van der Waals surface area (Å²) in [6, 6.07) is 17.3. The Kier molecular flexibility index (Phi) is 10.3. The van der Waals surface area contributed by atoms with Crippen LogP contribution in [0.4, 0.5) is 0 Å². The molecule has 2 aromatic carbocycles. The molecule has 1 heterocycles. The van der Waals surface area contributed by atoms with Crippen LogP contribution >= 0.6 is 0 Å². The Bertz CT molecular complexity index is 1230. The van der Waals surface area contributed by atoms with Gasteiger partial charge >= 0.3 is 0 Å². The molecule has 3 rings (SSSR count). The van der Waals surface area contributed by atoms with Gasteiger partial charge in [-0.1, -0.05) is 31.0 Å². The fraction of sp³-hybridized carbons (Fsp3) is 0.333. The highest BCUT2D eigenvalue weighted by molar-refractivity contribution is 7.91. The fourth-order valence-corrected chi connectivity index (χ4v) is 5.12. The molecule has 9 heteroatoms. The summed E-state index contributed by atoms with van der Waals surface area (Å²) in [5.41, 5.74) is 3.45. The van der Waals surface area contributed by atoms with Gasteiger partial charge in [0.15, 0.2) is 11.5 Å². The molecule has 0 saturated carbocycles. The molecular weight excluding hydrogens is 480 g/mol. The number of methoxy groups -OCH3 is 1. The van der Waals surface area contributed by atoms with E-state index in [1.165, 1.54) is 19.2 Å². The number of rotatable bonds is 14. The molecule has 192 valence electrons. The maximum Gasteiger partial charge on any atom is 0.243 e. The zero-order valence-corrected chi connectivity index (χ0v) is 21.2. The van der Waals surface area contributed by atoms with Gasteiger partial charge < -0.3 is 9.47 Å². The lowest BCUT2D eigenvalue weighted by Gasteiger charge is -2.13. The van der Waals surface area contributed by atoms with Crippen LogP contribution in [-0.2, 0) is 27.5 Å². The lowest BCUT2D eigenvalue weighted by Crippen LogP contribution is -2.17. The quantitative estimate of drug-likeness (QED) is 0.185. The standard InChI is InChI=1S/C27H32N2O6S/c1-34-25-15-14-24(20-26(25)35-18-16-22-11-6-7-17-28-22)36(32,33)23-12-8-10-21(19-23)9-4-2-3-5-13-27(30)29-31/h6-8,10-12,14-15,17,19-20,31H,2-5,9,13,16,18H2,1H3,(H,29,30). The van der Waals surface area contributed by atoms with Crippen molar-refractivity contribution in [1.29, 1.82) is 0 Å². The Morgan fingerprint density at radius 2 is 1.72 bits per heavy atom. The second-order valence-electron chi connectivity index (χ2n) is 8.33. The minimum absolute atomic E-state index is 0.135. The Labute approximate surface area is 212 Å². The molecule has 0 aliphatic carbocycles. The van der Waals surface area contributed by atoms with Gasteiger partial charge in [0.2, 0.25) is 15.7 Å². The van der Waals surface area contributed by atoms with Crippen molar-refractivity contribution in [1.82, 2.24) is 10.5 Å². The summed E-state index contributed by atoms with van der Waals surface area (Å²) in [6.45, 7) is 0.330. The van der Waals surface area contributed by atoms with Crippen LogP contribution in [0.25, 0.3) is 0 Å². The first-order valence-electron chi connectivity index (χ1n) is 11.9. The third kappa shape index (κ3) is 7.79. The zero-order valence-electron chi connectivity index (χ0n) is 20.4. The molecule has 3 aromatic rings. The fourth-order valence-electron chi connectivity index (χ4n) is 3.78. The largest absolute Gasteiger partial charge is 0.493 e. The number of nitrogens with one attached hydrogen (secondary N) is 1. The van der Waals surface area contributed by atoms with Gasteiger partial charge in [-0.05, 0) is 61.2 Å². The molecule has 0 saturated heterocycles. The number of sulfone groups is 1. The third-order valence-electron chi connectivity index (χ3n) is 5.74. The predicted molar refractivity (Wildman–Crippen MR) is 135 cm³/mol. The van der Waals surface area contributed by atoms with Crippen LogP contribution in [0.15, 0.2) is 76.7 Å². The number of unbranched alkanes of at least 4 members (excludes halogenated alkanes) is 3.